The minimum atomic E-state index is -4.46. The molecule has 1 saturated heterocycles. The van der Waals surface area contributed by atoms with Crippen molar-refractivity contribution in [1.82, 2.24) is 9.88 Å². The number of likely N-dealkylation sites (tertiary alicyclic amines) is 1. The molecule has 0 radical (unpaired) electrons. The number of nitrogens with zero attached hydrogens (tertiary/aromatic N) is 3. The molecule has 1 amide bonds. The lowest BCUT2D eigenvalue weighted by atomic mass is 9.74. The molecule has 9 heteroatoms. The smallest absolute Gasteiger partial charge is 0.307 e. The maximum atomic E-state index is 13.6. The van der Waals surface area contributed by atoms with Crippen LogP contribution >= 0.6 is 23.2 Å². The maximum Gasteiger partial charge on any atom is 0.416 e. The number of carbonyl (C=O) groups excluding carboxylic acids is 1. The van der Waals surface area contributed by atoms with Gasteiger partial charge in [0.25, 0.3) is 5.91 Å². The van der Waals surface area contributed by atoms with Gasteiger partial charge in [-0.25, -0.2) is 4.98 Å². The van der Waals surface area contributed by atoms with Gasteiger partial charge in [-0.3, -0.25) is 9.69 Å². The van der Waals surface area contributed by atoms with Crippen LogP contribution in [0.2, 0.25) is 10.2 Å². The molecule has 192 valence electrons. The van der Waals surface area contributed by atoms with Crippen LogP contribution in [0.4, 0.5) is 18.9 Å². The maximum absolute atomic E-state index is 13.6. The first kappa shape index (κ1) is 25.8. The minimum absolute atomic E-state index is 0.187. The van der Waals surface area contributed by atoms with Gasteiger partial charge >= 0.3 is 6.18 Å². The third kappa shape index (κ3) is 5.40. The molecular weight excluding hydrogens is 522 g/mol. The Labute approximate surface area is 223 Å². The van der Waals surface area contributed by atoms with Crippen molar-refractivity contribution in [2.24, 2.45) is 0 Å². The average molecular weight is 546 g/mol. The summed E-state index contributed by atoms with van der Waals surface area (Å²) in [5.74, 6) is -0.296. The Bertz CT molecular complexity index is 1330. The lowest BCUT2D eigenvalue weighted by molar-refractivity contribution is -0.137. The lowest BCUT2D eigenvalue weighted by Gasteiger charge is -2.39. The Hall–Kier alpha value is -2.87. The summed E-state index contributed by atoms with van der Waals surface area (Å²) in [5, 5.41) is 0.871. The first-order valence-electron chi connectivity index (χ1n) is 11.9. The molecule has 37 heavy (non-hydrogen) atoms. The second kappa shape index (κ2) is 10.1. The number of anilines is 1. The molecule has 1 aromatic heterocycles. The van der Waals surface area contributed by atoms with Crippen molar-refractivity contribution in [1.29, 1.82) is 0 Å². The number of carbonyl (C=O) groups is 1. The molecule has 0 aliphatic carbocycles. The normalized spacial score (nSPS) is 17.5. The summed E-state index contributed by atoms with van der Waals surface area (Å²) < 4.78 is 40.8. The van der Waals surface area contributed by atoms with E-state index in [0.717, 1.165) is 18.2 Å². The number of aromatic nitrogens is 1. The monoisotopic (exact) mass is 545 g/mol. The summed E-state index contributed by atoms with van der Waals surface area (Å²) >= 11 is 11.9. The van der Waals surface area contributed by atoms with E-state index in [0.29, 0.717) is 54.3 Å². The topological polar surface area (TPSA) is 36.4 Å². The molecule has 0 bridgehead atoms. The zero-order valence-electron chi connectivity index (χ0n) is 19.8. The van der Waals surface area contributed by atoms with Crippen molar-refractivity contribution in [3.63, 3.8) is 0 Å². The van der Waals surface area contributed by atoms with E-state index >= 15 is 0 Å². The highest BCUT2D eigenvalue weighted by molar-refractivity contribution is 6.30. The first-order chi connectivity index (χ1) is 17.6. The number of alkyl halides is 3. The molecule has 1 fully saturated rings. The van der Waals surface area contributed by atoms with Gasteiger partial charge in [0.15, 0.2) is 0 Å². The van der Waals surface area contributed by atoms with Crippen LogP contribution in [-0.2, 0) is 11.6 Å². The number of amides is 1. The first-order valence-corrected chi connectivity index (χ1v) is 12.7. The van der Waals surface area contributed by atoms with Gasteiger partial charge in [-0.1, -0.05) is 47.5 Å². The molecular formula is C28H24Cl2F3N3O. The molecule has 4 nitrogen and oxygen atoms in total. The zero-order valence-corrected chi connectivity index (χ0v) is 21.3. The fourth-order valence-corrected chi connectivity index (χ4v) is 5.52. The van der Waals surface area contributed by atoms with E-state index < -0.39 is 17.2 Å². The predicted octanol–water partition coefficient (Wildman–Crippen LogP) is 7.11. The molecule has 2 aromatic carbocycles. The number of hydrogen-bond donors (Lipinski definition) is 0. The predicted molar refractivity (Wildman–Crippen MR) is 140 cm³/mol. The van der Waals surface area contributed by atoms with Gasteiger partial charge in [0.05, 0.1) is 5.56 Å². The number of fused-ring (bicyclic) bond motifs is 2. The lowest BCUT2D eigenvalue weighted by Crippen LogP contribution is -2.46. The van der Waals surface area contributed by atoms with Gasteiger partial charge in [0.2, 0.25) is 0 Å². The summed E-state index contributed by atoms with van der Waals surface area (Å²) in [4.78, 5) is 21.2. The Morgan fingerprint density at radius 3 is 2.43 bits per heavy atom. The Balaban J connectivity index is 1.37. The highest BCUT2D eigenvalue weighted by Crippen LogP contribution is 2.49. The van der Waals surface area contributed by atoms with Crippen LogP contribution in [0.25, 0.3) is 6.08 Å². The second-order valence-electron chi connectivity index (χ2n) is 9.52. The fraction of sp³-hybridized carbons (Fsp3) is 0.286. The molecule has 3 heterocycles. The van der Waals surface area contributed by atoms with E-state index in [1.165, 1.54) is 24.4 Å². The summed E-state index contributed by atoms with van der Waals surface area (Å²) in [7, 11) is 0. The molecule has 0 unspecified atom stereocenters. The van der Waals surface area contributed by atoms with Gasteiger partial charge in [-0.15, -0.1) is 0 Å². The van der Waals surface area contributed by atoms with E-state index in [-0.39, 0.29) is 11.1 Å². The van der Waals surface area contributed by atoms with Crippen molar-refractivity contribution >= 4 is 40.9 Å². The third-order valence-electron chi connectivity index (χ3n) is 7.22. The van der Waals surface area contributed by atoms with Crippen molar-refractivity contribution < 1.29 is 18.0 Å². The van der Waals surface area contributed by atoms with Gasteiger partial charge in [-0.05, 0) is 79.5 Å². The van der Waals surface area contributed by atoms with Crippen LogP contribution in [-0.4, -0.2) is 42.0 Å². The molecule has 2 aliphatic heterocycles. The second-order valence-corrected chi connectivity index (χ2v) is 10.3. The summed E-state index contributed by atoms with van der Waals surface area (Å²) in [6, 6.07) is 14.3. The Morgan fingerprint density at radius 1 is 1.03 bits per heavy atom. The number of piperidine rings is 1. The van der Waals surface area contributed by atoms with Gasteiger partial charge < -0.3 is 4.90 Å². The number of rotatable bonds is 4. The molecule has 0 saturated carbocycles. The summed E-state index contributed by atoms with van der Waals surface area (Å²) in [6.07, 6.45) is 2.40. The molecule has 3 aromatic rings. The molecule has 0 N–H and O–H groups in total. The number of pyridine rings is 1. The number of hydrogen-bond acceptors (Lipinski definition) is 3. The van der Waals surface area contributed by atoms with Crippen molar-refractivity contribution in [2.45, 2.75) is 24.4 Å². The van der Waals surface area contributed by atoms with Crippen molar-refractivity contribution in [3.8, 4) is 0 Å². The Kier molecular flexibility index (Phi) is 7.05. The summed E-state index contributed by atoms with van der Waals surface area (Å²) in [5.41, 5.74) is 1.29. The average Bonchev–Trinajstić information content (AvgIpc) is 3.19. The van der Waals surface area contributed by atoms with E-state index in [9.17, 15) is 18.0 Å². The van der Waals surface area contributed by atoms with Crippen molar-refractivity contribution in [3.05, 3.63) is 99.3 Å². The van der Waals surface area contributed by atoms with E-state index in [2.05, 4.69) is 16.0 Å². The quantitative estimate of drug-likeness (QED) is 0.327. The SMILES string of the molecule is O=C(c1ccnc(Cl)c1)N1CC2(CCN(C/C=C/c3ccc(Cl)cc3)CC2)c2cc(C(F)(F)F)ccc21. The van der Waals surface area contributed by atoms with E-state index in [1.807, 2.05) is 30.3 Å². The van der Waals surface area contributed by atoms with Gasteiger partial charge in [0.1, 0.15) is 5.15 Å². The molecule has 0 atom stereocenters. The van der Waals surface area contributed by atoms with Crippen LogP contribution in [0.3, 0.4) is 0 Å². The standard InChI is InChI=1S/C28H24Cl2F3N3O/c29-22-6-3-19(4-7-22)2-1-13-35-14-10-27(11-15-35)18-36(26(37)20-9-12-34-25(30)16-20)24-8-5-21(17-23(24)27)28(31,32)33/h1-9,12,16-17H,10-11,13-15,18H2/b2-1+. The van der Waals surface area contributed by atoms with Crippen molar-refractivity contribution in [2.75, 3.05) is 31.1 Å². The molecule has 5 rings (SSSR count). The van der Waals surface area contributed by atoms with Crippen LogP contribution in [0.15, 0.2) is 66.9 Å². The molecule has 2 aliphatic rings. The number of benzene rings is 2. The minimum Gasteiger partial charge on any atom is -0.307 e. The number of halogens is 5. The van der Waals surface area contributed by atoms with Gasteiger partial charge in [0, 0.05) is 41.0 Å². The van der Waals surface area contributed by atoms with Crippen LogP contribution in [0.5, 0.6) is 0 Å². The third-order valence-corrected chi connectivity index (χ3v) is 7.68. The summed E-state index contributed by atoms with van der Waals surface area (Å²) in [6.45, 7) is 2.48. The highest BCUT2D eigenvalue weighted by Gasteiger charge is 2.47. The largest absolute Gasteiger partial charge is 0.416 e. The fourth-order valence-electron chi connectivity index (χ4n) is 5.22. The Morgan fingerprint density at radius 2 is 1.76 bits per heavy atom. The highest BCUT2D eigenvalue weighted by atomic mass is 35.5. The van der Waals surface area contributed by atoms with Crippen LogP contribution in [0.1, 0.15) is 39.9 Å². The van der Waals surface area contributed by atoms with Crippen LogP contribution in [0, 0.1) is 0 Å². The van der Waals surface area contributed by atoms with Crippen LogP contribution < -0.4 is 4.90 Å². The zero-order chi connectivity index (χ0) is 26.2. The van der Waals surface area contributed by atoms with E-state index in [4.69, 9.17) is 23.2 Å². The van der Waals surface area contributed by atoms with Gasteiger partial charge in [-0.2, -0.15) is 13.2 Å². The van der Waals surface area contributed by atoms with E-state index in [1.54, 1.807) is 11.0 Å². The molecule has 1 spiro atoms.